The molecule has 100 valence electrons. The maximum atomic E-state index is 4.50. The molecule has 0 unspecified atom stereocenters. The van der Waals surface area contributed by atoms with Crippen molar-refractivity contribution in [2.75, 3.05) is 18.4 Å². The van der Waals surface area contributed by atoms with Crippen LogP contribution in [0.4, 0.5) is 5.82 Å². The summed E-state index contributed by atoms with van der Waals surface area (Å²) in [6.07, 6.45) is 5.98. The van der Waals surface area contributed by atoms with E-state index in [-0.39, 0.29) is 0 Å². The zero-order valence-electron chi connectivity index (χ0n) is 11.8. The van der Waals surface area contributed by atoms with Gasteiger partial charge in [-0.05, 0) is 51.8 Å². The summed E-state index contributed by atoms with van der Waals surface area (Å²) >= 11 is 0. The third kappa shape index (κ3) is 3.02. The highest BCUT2D eigenvalue weighted by Crippen LogP contribution is 2.32. The van der Waals surface area contributed by atoms with Crippen molar-refractivity contribution in [3.05, 3.63) is 23.9 Å². The number of aromatic nitrogens is 1. The van der Waals surface area contributed by atoms with E-state index in [0.717, 1.165) is 12.4 Å². The molecule has 1 fully saturated rings. The van der Waals surface area contributed by atoms with Crippen LogP contribution in [-0.2, 0) is 0 Å². The zero-order valence-corrected chi connectivity index (χ0v) is 11.8. The van der Waals surface area contributed by atoms with Crippen LogP contribution in [0.25, 0.3) is 0 Å². The highest BCUT2D eigenvalue weighted by molar-refractivity contribution is 5.36. The first kappa shape index (κ1) is 13.3. The van der Waals surface area contributed by atoms with E-state index in [0.29, 0.717) is 12.1 Å². The van der Waals surface area contributed by atoms with E-state index in [1.807, 2.05) is 6.20 Å². The second-order valence-electron chi connectivity index (χ2n) is 5.35. The number of anilines is 1. The molecule has 1 atom stereocenters. The summed E-state index contributed by atoms with van der Waals surface area (Å²) in [6.45, 7) is 8.82. The number of hydrogen-bond acceptors (Lipinski definition) is 3. The van der Waals surface area contributed by atoms with Crippen LogP contribution in [0.3, 0.4) is 0 Å². The molecule has 1 aliphatic heterocycles. The molecule has 18 heavy (non-hydrogen) atoms. The largest absolute Gasteiger partial charge is 0.370 e. The summed E-state index contributed by atoms with van der Waals surface area (Å²) in [5.41, 5.74) is 1.37. The molecule has 0 bridgehead atoms. The van der Waals surface area contributed by atoms with Gasteiger partial charge in [0.05, 0.1) is 0 Å². The summed E-state index contributed by atoms with van der Waals surface area (Å²) in [5, 5.41) is 3.25. The van der Waals surface area contributed by atoms with Gasteiger partial charge in [-0.2, -0.15) is 0 Å². The van der Waals surface area contributed by atoms with Crippen LogP contribution in [0.5, 0.6) is 0 Å². The minimum absolute atomic E-state index is 0.557. The molecular formula is C15H25N3. The number of nitrogens with zero attached hydrogens (tertiary/aromatic N) is 2. The monoisotopic (exact) mass is 247 g/mol. The summed E-state index contributed by atoms with van der Waals surface area (Å²) in [5.74, 6) is 0.980. The third-order valence-electron chi connectivity index (χ3n) is 3.74. The topological polar surface area (TPSA) is 28.2 Å². The van der Waals surface area contributed by atoms with Gasteiger partial charge in [-0.1, -0.05) is 12.5 Å². The number of likely N-dealkylation sites (tertiary alicyclic amines) is 1. The molecule has 0 aliphatic carbocycles. The Balaban J connectivity index is 2.12. The van der Waals surface area contributed by atoms with E-state index >= 15 is 0 Å². The van der Waals surface area contributed by atoms with Gasteiger partial charge in [0, 0.05) is 24.8 Å². The van der Waals surface area contributed by atoms with Crippen molar-refractivity contribution in [2.24, 2.45) is 0 Å². The van der Waals surface area contributed by atoms with Crippen LogP contribution >= 0.6 is 0 Å². The van der Waals surface area contributed by atoms with Crippen molar-refractivity contribution < 1.29 is 0 Å². The maximum absolute atomic E-state index is 4.50. The highest BCUT2D eigenvalue weighted by atomic mass is 15.2. The molecular weight excluding hydrogens is 222 g/mol. The van der Waals surface area contributed by atoms with Crippen molar-refractivity contribution in [3.8, 4) is 0 Å². The molecule has 1 aliphatic rings. The second-order valence-corrected chi connectivity index (χ2v) is 5.35. The molecule has 3 heteroatoms. The van der Waals surface area contributed by atoms with E-state index in [9.17, 15) is 0 Å². The lowest BCUT2D eigenvalue weighted by atomic mass is 9.95. The van der Waals surface area contributed by atoms with Gasteiger partial charge in [0.1, 0.15) is 5.82 Å². The Kier molecular flexibility index (Phi) is 4.59. The lowest BCUT2D eigenvalue weighted by Crippen LogP contribution is -2.38. The molecule has 1 aromatic heterocycles. The molecule has 2 heterocycles. The van der Waals surface area contributed by atoms with Crippen molar-refractivity contribution in [1.82, 2.24) is 9.88 Å². The van der Waals surface area contributed by atoms with Gasteiger partial charge in [-0.25, -0.2) is 4.98 Å². The van der Waals surface area contributed by atoms with Crippen LogP contribution < -0.4 is 5.32 Å². The van der Waals surface area contributed by atoms with Crippen molar-refractivity contribution >= 4 is 5.82 Å². The van der Waals surface area contributed by atoms with Crippen LogP contribution in [0.2, 0.25) is 0 Å². The lowest BCUT2D eigenvalue weighted by Gasteiger charge is -2.38. The molecule has 0 saturated carbocycles. The average molecular weight is 247 g/mol. The molecule has 0 radical (unpaired) electrons. The molecule has 3 nitrogen and oxygen atoms in total. The van der Waals surface area contributed by atoms with Crippen molar-refractivity contribution in [3.63, 3.8) is 0 Å². The average Bonchev–Trinajstić information content (AvgIpc) is 2.40. The minimum atomic E-state index is 0.557. The first-order chi connectivity index (χ1) is 8.72. The summed E-state index contributed by atoms with van der Waals surface area (Å²) in [4.78, 5) is 7.10. The number of nitrogens with one attached hydrogen (secondary N) is 1. The molecule has 1 N–H and O–H groups in total. The van der Waals surface area contributed by atoms with Gasteiger partial charge in [0.2, 0.25) is 0 Å². The van der Waals surface area contributed by atoms with Gasteiger partial charge < -0.3 is 5.32 Å². The number of pyridine rings is 1. The van der Waals surface area contributed by atoms with Gasteiger partial charge in [-0.3, -0.25) is 4.90 Å². The number of piperidine rings is 1. The Morgan fingerprint density at radius 3 is 2.83 bits per heavy atom. The van der Waals surface area contributed by atoms with Gasteiger partial charge in [0.25, 0.3) is 0 Å². The predicted molar refractivity (Wildman–Crippen MR) is 76.8 cm³/mol. The summed E-state index contributed by atoms with van der Waals surface area (Å²) in [7, 11) is 0. The standard InChI is InChI=1S/C15H25N3/c1-4-16-15-9-8-13(11-17-15)14-7-5-6-10-18(14)12(2)3/h8-9,11-12,14H,4-7,10H2,1-3H3,(H,16,17)/t14-/m1/s1. The van der Waals surface area contributed by atoms with E-state index in [2.05, 4.69) is 48.1 Å². The van der Waals surface area contributed by atoms with Crippen LogP contribution in [0, 0.1) is 0 Å². The quantitative estimate of drug-likeness (QED) is 0.883. The fourth-order valence-electron chi connectivity index (χ4n) is 2.82. The molecule has 0 aromatic carbocycles. The normalized spacial score (nSPS) is 21.2. The first-order valence-electron chi connectivity index (χ1n) is 7.18. The fraction of sp³-hybridized carbons (Fsp3) is 0.667. The summed E-state index contributed by atoms with van der Waals surface area (Å²) < 4.78 is 0. The van der Waals surface area contributed by atoms with Crippen molar-refractivity contribution in [2.45, 2.75) is 52.1 Å². The van der Waals surface area contributed by atoms with Gasteiger partial charge >= 0.3 is 0 Å². The smallest absolute Gasteiger partial charge is 0.125 e. The van der Waals surface area contributed by atoms with Gasteiger partial charge in [0.15, 0.2) is 0 Å². The predicted octanol–water partition coefficient (Wildman–Crippen LogP) is 3.45. The van der Waals surface area contributed by atoms with Crippen LogP contribution in [0.15, 0.2) is 18.3 Å². The van der Waals surface area contributed by atoms with Gasteiger partial charge in [-0.15, -0.1) is 0 Å². The van der Waals surface area contributed by atoms with E-state index in [1.54, 1.807) is 0 Å². The number of rotatable bonds is 4. The maximum Gasteiger partial charge on any atom is 0.125 e. The molecule has 2 rings (SSSR count). The van der Waals surface area contributed by atoms with E-state index in [1.165, 1.54) is 31.4 Å². The number of hydrogen-bond donors (Lipinski definition) is 1. The van der Waals surface area contributed by atoms with E-state index in [4.69, 9.17) is 0 Å². The zero-order chi connectivity index (χ0) is 13.0. The Bertz CT molecular complexity index is 359. The minimum Gasteiger partial charge on any atom is -0.370 e. The third-order valence-corrected chi connectivity index (χ3v) is 3.74. The molecule has 1 saturated heterocycles. The Morgan fingerprint density at radius 2 is 2.22 bits per heavy atom. The summed E-state index contributed by atoms with van der Waals surface area (Å²) in [6, 6.07) is 5.51. The molecule has 0 spiro atoms. The van der Waals surface area contributed by atoms with Crippen LogP contribution in [0.1, 0.15) is 51.6 Å². The Morgan fingerprint density at radius 1 is 1.39 bits per heavy atom. The molecule has 0 amide bonds. The van der Waals surface area contributed by atoms with Crippen molar-refractivity contribution in [1.29, 1.82) is 0 Å². The first-order valence-corrected chi connectivity index (χ1v) is 7.18. The Labute approximate surface area is 111 Å². The highest BCUT2D eigenvalue weighted by Gasteiger charge is 2.25. The SMILES string of the molecule is CCNc1ccc([C@H]2CCCCN2C(C)C)cn1. The molecule has 1 aromatic rings. The fourth-order valence-corrected chi connectivity index (χ4v) is 2.82. The lowest BCUT2D eigenvalue weighted by molar-refractivity contribution is 0.112. The van der Waals surface area contributed by atoms with E-state index < -0.39 is 0 Å². The van der Waals surface area contributed by atoms with Crippen LogP contribution in [-0.4, -0.2) is 29.0 Å². The second kappa shape index (κ2) is 6.19. The Hall–Kier alpha value is -1.09.